The van der Waals surface area contributed by atoms with Crippen LogP contribution < -0.4 is 23.8 Å². The molecule has 2 heterocycles. The van der Waals surface area contributed by atoms with Gasteiger partial charge in [0.1, 0.15) is 0 Å². The minimum absolute atomic E-state index is 0.0861. The van der Waals surface area contributed by atoms with Crippen LogP contribution in [0.2, 0.25) is 0 Å². The lowest BCUT2D eigenvalue weighted by Gasteiger charge is -2.16. The van der Waals surface area contributed by atoms with Crippen LogP contribution in [-0.2, 0) is 4.79 Å². The van der Waals surface area contributed by atoms with Crippen LogP contribution in [0.3, 0.4) is 0 Å². The molecule has 0 saturated carbocycles. The number of fused-ring (bicyclic) bond motifs is 1. The van der Waals surface area contributed by atoms with Crippen LogP contribution in [0, 0.1) is 0 Å². The molecule has 162 valence electrons. The first-order chi connectivity index (χ1) is 15.0. The molecule has 0 bridgehead atoms. The number of carbonyl (C=O) groups excluding carboxylic acids is 1. The highest BCUT2D eigenvalue weighted by molar-refractivity contribution is 8.27. The first kappa shape index (κ1) is 21.5. The van der Waals surface area contributed by atoms with E-state index < -0.39 is 0 Å². The molecule has 1 fully saturated rings. The molecule has 0 aromatic heterocycles. The number of anilines is 1. The van der Waals surface area contributed by atoms with Crippen LogP contribution in [0.25, 0.3) is 6.08 Å². The van der Waals surface area contributed by atoms with Gasteiger partial charge in [0, 0.05) is 6.07 Å². The van der Waals surface area contributed by atoms with Crippen molar-refractivity contribution in [1.29, 1.82) is 0 Å². The minimum Gasteiger partial charge on any atom is -0.490 e. The smallest absolute Gasteiger partial charge is 0.270 e. The van der Waals surface area contributed by atoms with Gasteiger partial charge >= 0.3 is 0 Å². The number of hydrogen-bond donors (Lipinski definition) is 0. The Kier molecular flexibility index (Phi) is 6.38. The second-order valence-electron chi connectivity index (χ2n) is 7.03. The van der Waals surface area contributed by atoms with Crippen molar-refractivity contribution in [1.82, 2.24) is 0 Å². The van der Waals surface area contributed by atoms with Gasteiger partial charge in [-0.15, -0.1) is 0 Å². The van der Waals surface area contributed by atoms with Gasteiger partial charge in [-0.2, -0.15) is 0 Å². The molecule has 0 aliphatic carbocycles. The number of amides is 1. The number of ether oxygens (including phenoxy) is 4. The second-order valence-corrected chi connectivity index (χ2v) is 8.71. The number of rotatable bonds is 7. The zero-order chi connectivity index (χ0) is 22.0. The molecule has 2 aliphatic heterocycles. The van der Waals surface area contributed by atoms with Crippen molar-refractivity contribution in [2.24, 2.45) is 0 Å². The highest BCUT2D eigenvalue weighted by Crippen LogP contribution is 2.41. The van der Waals surface area contributed by atoms with E-state index in [9.17, 15) is 4.79 Å². The first-order valence-electron chi connectivity index (χ1n) is 10.1. The summed E-state index contributed by atoms with van der Waals surface area (Å²) in [5.41, 5.74) is 1.49. The van der Waals surface area contributed by atoms with E-state index in [2.05, 4.69) is 6.92 Å². The number of hydrogen-bond acceptors (Lipinski definition) is 7. The number of nitrogens with zero attached hydrogens (tertiary/aromatic N) is 1. The highest BCUT2D eigenvalue weighted by Gasteiger charge is 2.34. The average molecular weight is 458 g/mol. The molecule has 1 atom stereocenters. The average Bonchev–Trinajstić information content (AvgIpc) is 3.33. The fraction of sp³-hybridized carbons (Fsp3) is 0.304. The van der Waals surface area contributed by atoms with Crippen LogP contribution in [0.15, 0.2) is 41.3 Å². The molecule has 0 radical (unpaired) electrons. The molecular weight excluding hydrogens is 434 g/mol. The molecule has 0 unspecified atom stereocenters. The Bertz CT molecular complexity index is 1050. The molecule has 0 spiro atoms. The van der Waals surface area contributed by atoms with Gasteiger partial charge in [-0.1, -0.05) is 37.0 Å². The number of benzene rings is 2. The normalized spacial score (nSPS) is 17.4. The Morgan fingerprint density at radius 2 is 1.97 bits per heavy atom. The maximum absolute atomic E-state index is 13.1. The van der Waals surface area contributed by atoms with E-state index in [0.29, 0.717) is 44.5 Å². The van der Waals surface area contributed by atoms with Crippen molar-refractivity contribution < 1.29 is 23.7 Å². The Hall–Kier alpha value is -2.71. The third-order valence-electron chi connectivity index (χ3n) is 4.88. The number of thioether (sulfide) groups is 1. The van der Waals surface area contributed by atoms with Gasteiger partial charge in [-0.25, -0.2) is 0 Å². The molecule has 2 aromatic carbocycles. The number of carbonyl (C=O) groups is 1. The van der Waals surface area contributed by atoms with Crippen molar-refractivity contribution in [2.45, 2.75) is 33.3 Å². The second kappa shape index (κ2) is 9.20. The fourth-order valence-corrected chi connectivity index (χ4v) is 4.45. The lowest BCUT2D eigenvalue weighted by atomic mass is 10.1. The summed E-state index contributed by atoms with van der Waals surface area (Å²) in [6.45, 7) is 6.71. The molecule has 1 saturated heterocycles. The van der Waals surface area contributed by atoms with Gasteiger partial charge in [0.15, 0.2) is 27.3 Å². The van der Waals surface area contributed by atoms with Gasteiger partial charge < -0.3 is 18.9 Å². The summed E-state index contributed by atoms with van der Waals surface area (Å²) in [4.78, 5) is 15.2. The summed E-state index contributed by atoms with van der Waals surface area (Å²) in [5.74, 6) is 2.44. The minimum atomic E-state index is -0.174. The summed E-state index contributed by atoms with van der Waals surface area (Å²) in [5, 5.41) is 0. The van der Waals surface area contributed by atoms with Crippen LogP contribution in [-0.4, -0.2) is 29.7 Å². The quantitative estimate of drug-likeness (QED) is 0.408. The lowest BCUT2D eigenvalue weighted by Crippen LogP contribution is -2.27. The standard InChI is InChI=1S/C23H23NO5S2/c1-4-14(3)29-18-8-6-15(10-19(18)26-5-2)11-21-22(25)24(23(30)31-21)16-7-9-17-20(12-16)28-13-27-17/h6-12,14H,4-5,13H2,1-3H3/b21-11+/t14-/m0/s1. The largest absolute Gasteiger partial charge is 0.490 e. The Morgan fingerprint density at radius 1 is 1.16 bits per heavy atom. The molecule has 2 aliphatic rings. The molecule has 1 amide bonds. The van der Waals surface area contributed by atoms with Gasteiger partial charge in [-0.05, 0) is 56.2 Å². The summed E-state index contributed by atoms with van der Waals surface area (Å²) in [6, 6.07) is 11.0. The van der Waals surface area contributed by atoms with Gasteiger partial charge in [0.25, 0.3) is 5.91 Å². The van der Waals surface area contributed by atoms with Gasteiger partial charge in [0.05, 0.1) is 23.3 Å². The Balaban J connectivity index is 1.59. The predicted molar refractivity (Wildman–Crippen MR) is 126 cm³/mol. The first-order valence-corrected chi connectivity index (χ1v) is 11.3. The molecule has 31 heavy (non-hydrogen) atoms. The molecular formula is C23H23NO5S2. The lowest BCUT2D eigenvalue weighted by molar-refractivity contribution is -0.113. The summed E-state index contributed by atoms with van der Waals surface area (Å²) >= 11 is 6.75. The van der Waals surface area contributed by atoms with E-state index in [1.54, 1.807) is 18.2 Å². The predicted octanol–water partition coefficient (Wildman–Crippen LogP) is 5.40. The number of thiocarbonyl (C=S) groups is 1. The van der Waals surface area contributed by atoms with E-state index >= 15 is 0 Å². The molecule has 0 N–H and O–H groups in total. The Morgan fingerprint density at radius 3 is 2.74 bits per heavy atom. The molecule has 8 heteroatoms. The van der Waals surface area contributed by atoms with Crippen molar-refractivity contribution >= 4 is 46.0 Å². The van der Waals surface area contributed by atoms with Gasteiger partial charge in [-0.3, -0.25) is 9.69 Å². The SMILES string of the molecule is CCOc1cc(/C=C2/SC(=S)N(c3ccc4c(c3)OCO4)C2=O)ccc1O[C@@H](C)CC. The summed E-state index contributed by atoms with van der Waals surface area (Å²) in [6.07, 6.45) is 2.81. The van der Waals surface area contributed by atoms with Crippen molar-refractivity contribution in [3.8, 4) is 23.0 Å². The Labute approximate surface area is 191 Å². The van der Waals surface area contributed by atoms with E-state index in [-0.39, 0.29) is 18.8 Å². The van der Waals surface area contributed by atoms with Crippen LogP contribution in [0.1, 0.15) is 32.8 Å². The van der Waals surface area contributed by atoms with Crippen molar-refractivity contribution in [3.05, 3.63) is 46.9 Å². The topological polar surface area (TPSA) is 57.2 Å². The molecule has 2 aromatic rings. The van der Waals surface area contributed by atoms with Crippen LogP contribution in [0.4, 0.5) is 5.69 Å². The third-order valence-corrected chi connectivity index (χ3v) is 6.18. The van der Waals surface area contributed by atoms with Gasteiger partial charge in [0.2, 0.25) is 6.79 Å². The maximum atomic E-state index is 13.1. The maximum Gasteiger partial charge on any atom is 0.270 e. The zero-order valence-corrected chi connectivity index (χ0v) is 19.2. The highest BCUT2D eigenvalue weighted by atomic mass is 32.2. The van der Waals surface area contributed by atoms with Crippen LogP contribution in [0.5, 0.6) is 23.0 Å². The van der Waals surface area contributed by atoms with Crippen molar-refractivity contribution in [3.63, 3.8) is 0 Å². The third kappa shape index (κ3) is 4.50. The van der Waals surface area contributed by atoms with E-state index in [4.69, 9.17) is 31.2 Å². The monoisotopic (exact) mass is 457 g/mol. The van der Waals surface area contributed by atoms with E-state index in [1.165, 1.54) is 16.7 Å². The van der Waals surface area contributed by atoms with E-state index in [1.807, 2.05) is 38.1 Å². The molecule has 6 nitrogen and oxygen atoms in total. The zero-order valence-electron chi connectivity index (χ0n) is 17.5. The van der Waals surface area contributed by atoms with Crippen molar-refractivity contribution in [2.75, 3.05) is 18.3 Å². The summed E-state index contributed by atoms with van der Waals surface area (Å²) < 4.78 is 23.0. The van der Waals surface area contributed by atoms with Crippen LogP contribution >= 0.6 is 24.0 Å². The molecule has 4 rings (SSSR count). The fourth-order valence-electron chi connectivity index (χ4n) is 3.15. The summed E-state index contributed by atoms with van der Waals surface area (Å²) in [7, 11) is 0. The van der Waals surface area contributed by atoms with E-state index in [0.717, 1.165) is 12.0 Å².